The molecule has 0 amide bonds. The van der Waals surface area contributed by atoms with Gasteiger partial charge in [-0.05, 0) is 35.4 Å². The summed E-state index contributed by atoms with van der Waals surface area (Å²) in [4.78, 5) is 2.17. The predicted octanol–water partition coefficient (Wildman–Crippen LogP) is 4.23. The number of rotatable bonds is 11. The van der Waals surface area contributed by atoms with Crippen LogP contribution in [0.3, 0.4) is 0 Å². The van der Waals surface area contributed by atoms with Crippen molar-refractivity contribution in [1.29, 1.82) is 0 Å². The van der Waals surface area contributed by atoms with Crippen LogP contribution in [0.4, 0.5) is 4.39 Å². The van der Waals surface area contributed by atoms with Crippen molar-refractivity contribution < 1.29 is 28.8 Å². The average Bonchev–Trinajstić information content (AvgIpc) is 2.88. The fraction of sp³-hybridized carbons (Fsp3) is 0.556. The second kappa shape index (κ2) is 14.6. The Morgan fingerprint density at radius 3 is 2.17 bits per heavy atom. The van der Waals surface area contributed by atoms with Gasteiger partial charge in [0.1, 0.15) is 31.2 Å². The summed E-state index contributed by atoms with van der Waals surface area (Å²) in [6.45, 7) is 11.8. The Morgan fingerprint density at radius 1 is 0.971 bits per heavy atom. The molecule has 1 aliphatic rings. The summed E-state index contributed by atoms with van der Waals surface area (Å²) in [6, 6.07) is 12.5. The van der Waals surface area contributed by atoms with Crippen LogP contribution in [-0.4, -0.2) is 79.3 Å². The van der Waals surface area contributed by atoms with Crippen LogP contribution >= 0.6 is 11.6 Å². The summed E-state index contributed by atoms with van der Waals surface area (Å²) in [5.74, 6) is 0.289. The van der Waals surface area contributed by atoms with Crippen LogP contribution in [0.1, 0.15) is 38.8 Å². The van der Waals surface area contributed by atoms with Crippen molar-refractivity contribution in [1.82, 2.24) is 4.90 Å². The number of hydrogen-bond acceptors (Lipinski definition) is 6. The standard InChI is InChI=1S/C25H33ClFNO5.C2H6/c1-25(2,19-5-8-24(23(27)13-19)33-16-20(29)14-26)18-3-6-22(7-4-18)32-17-21(30)15-28-9-11-31-12-10-28;1-2/h3-8,13,20-21,29-30H,9-12,14-17H2,1-2H3;1-2H3. The molecule has 8 heteroatoms. The molecule has 0 aliphatic carbocycles. The first-order valence-corrected chi connectivity index (χ1v) is 12.7. The minimum atomic E-state index is -0.844. The van der Waals surface area contributed by atoms with Gasteiger partial charge in [-0.2, -0.15) is 0 Å². The molecule has 1 aliphatic heterocycles. The molecule has 1 heterocycles. The molecule has 196 valence electrons. The van der Waals surface area contributed by atoms with Crippen LogP contribution in [0.2, 0.25) is 0 Å². The Balaban J connectivity index is 0.00000210. The fourth-order valence-corrected chi connectivity index (χ4v) is 3.79. The molecular formula is C27H39ClFNO5. The summed E-state index contributed by atoms with van der Waals surface area (Å²) in [5.41, 5.74) is 1.33. The highest BCUT2D eigenvalue weighted by Crippen LogP contribution is 2.34. The summed E-state index contributed by atoms with van der Waals surface area (Å²) in [7, 11) is 0. The van der Waals surface area contributed by atoms with Gasteiger partial charge in [0.25, 0.3) is 0 Å². The van der Waals surface area contributed by atoms with Gasteiger partial charge in [-0.1, -0.05) is 45.9 Å². The molecule has 0 bridgehead atoms. The molecule has 35 heavy (non-hydrogen) atoms. The number of aliphatic hydroxyl groups is 2. The van der Waals surface area contributed by atoms with E-state index in [1.165, 1.54) is 6.07 Å². The van der Waals surface area contributed by atoms with Crippen molar-refractivity contribution in [2.45, 2.75) is 45.3 Å². The third-order valence-electron chi connectivity index (χ3n) is 5.85. The van der Waals surface area contributed by atoms with E-state index in [1.54, 1.807) is 6.07 Å². The van der Waals surface area contributed by atoms with E-state index in [1.807, 2.05) is 58.0 Å². The molecule has 2 N–H and O–H groups in total. The molecule has 2 aromatic rings. The van der Waals surface area contributed by atoms with Crippen LogP contribution in [-0.2, 0) is 10.2 Å². The van der Waals surface area contributed by atoms with Crippen LogP contribution in [0.15, 0.2) is 42.5 Å². The number of halogens is 2. The molecule has 0 radical (unpaired) electrons. The van der Waals surface area contributed by atoms with E-state index in [-0.39, 0.29) is 24.8 Å². The maximum atomic E-state index is 14.6. The lowest BCUT2D eigenvalue weighted by Gasteiger charge is -2.28. The summed E-state index contributed by atoms with van der Waals surface area (Å²) in [6.07, 6.45) is -1.42. The third kappa shape index (κ3) is 8.92. The highest BCUT2D eigenvalue weighted by molar-refractivity contribution is 6.18. The second-order valence-electron chi connectivity index (χ2n) is 8.79. The number of alkyl halides is 1. The molecule has 2 unspecified atom stereocenters. The van der Waals surface area contributed by atoms with Crippen molar-refractivity contribution in [3.63, 3.8) is 0 Å². The van der Waals surface area contributed by atoms with E-state index < -0.39 is 23.4 Å². The van der Waals surface area contributed by atoms with Crippen molar-refractivity contribution in [2.75, 3.05) is 51.9 Å². The monoisotopic (exact) mass is 511 g/mol. The molecule has 6 nitrogen and oxygen atoms in total. The van der Waals surface area contributed by atoms with E-state index in [9.17, 15) is 14.6 Å². The number of β-amino-alcohol motifs (C(OH)–C–C–N with tert-alkyl or cyclic N) is 1. The fourth-order valence-electron chi connectivity index (χ4n) is 3.70. The second-order valence-corrected chi connectivity index (χ2v) is 9.10. The summed E-state index contributed by atoms with van der Waals surface area (Å²) >= 11 is 5.55. The van der Waals surface area contributed by atoms with Crippen molar-refractivity contribution >= 4 is 11.6 Å². The van der Waals surface area contributed by atoms with Gasteiger partial charge in [-0.25, -0.2) is 4.39 Å². The lowest BCUT2D eigenvalue weighted by molar-refractivity contribution is 0.00465. The first-order valence-electron chi connectivity index (χ1n) is 12.2. The van der Waals surface area contributed by atoms with E-state index in [2.05, 4.69) is 4.90 Å². The topological polar surface area (TPSA) is 71.4 Å². The van der Waals surface area contributed by atoms with Crippen molar-refractivity contribution in [2.24, 2.45) is 0 Å². The van der Waals surface area contributed by atoms with Gasteiger partial charge in [-0.15, -0.1) is 11.6 Å². The Morgan fingerprint density at radius 2 is 1.57 bits per heavy atom. The number of nitrogens with zero attached hydrogens (tertiary/aromatic N) is 1. The van der Waals surface area contributed by atoms with Gasteiger partial charge in [0.05, 0.1) is 19.1 Å². The largest absolute Gasteiger partial charge is 0.491 e. The maximum absolute atomic E-state index is 14.6. The van der Waals surface area contributed by atoms with Crippen molar-refractivity contribution in [3.05, 3.63) is 59.4 Å². The van der Waals surface area contributed by atoms with E-state index in [0.29, 0.717) is 25.5 Å². The molecule has 0 spiro atoms. The number of ether oxygens (including phenoxy) is 3. The van der Waals surface area contributed by atoms with Gasteiger partial charge in [0, 0.05) is 25.0 Å². The predicted molar refractivity (Wildman–Crippen MR) is 137 cm³/mol. The van der Waals surface area contributed by atoms with E-state index >= 15 is 0 Å². The quantitative estimate of drug-likeness (QED) is 0.440. The first-order chi connectivity index (χ1) is 16.8. The Kier molecular flexibility index (Phi) is 12.2. The molecular weight excluding hydrogens is 473 g/mol. The van der Waals surface area contributed by atoms with E-state index in [4.69, 9.17) is 25.8 Å². The van der Waals surface area contributed by atoms with Crippen LogP contribution < -0.4 is 9.47 Å². The van der Waals surface area contributed by atoms with Gasteiger partial charge in [-0.3, -0.25) is 4.90 Å². The molecule has 2 atom stereocenters. The highest BCUT2D eigenvalue weighted by atomic mass is 35.5. The zero-order chi connectivity index (χ0) is 25.8. The number of benzene rings is 2. The summed E-state index contributed by atoms with van der Waals surface area (Å²) in [5, 5.41) is 19.7. The highest BCUT2D eigenvalue weighted by Gasteiger charge is 2.25. The lowest BCUT2D eigenvalue weighted by atomic mass is 9.78. The van der Waals surface area contributed by atoms with Gasteiger partial charge < -0.3 is 24.4 Å². The molecule has 3 rings (SSSR count). The molecule has 2 aromatic carbocycles. The van der Waals surface area contributed by atoms with Crippen LogP contribution in [0, 0.1) is 5.82 Å². The Hall–Kier alpha value is -1.90. The van der Waals surface area contributed by atoms with Gasteiger partial charge in [0.15, 0.2) is 11.6 Å². The van der Waals surface area contributed by atoms with Crippen LogP contribution in [0.5, 0.6) is 11.5 Å². The zero-order valence-corrected chi connectivity index (χ0v) is 21.9. The van der Waals surface area contributed by atoms with E-state index in [0.717, 1.165) is 24.2 Å². The normalized spacial score (nSPS) is 16.1. The molecule has 0 aromatic heterocycles. The Bertz CT molecular complexity index is 874. The zero-order valence-electron chi connectivity index (χ0n) is 21.2. The SMILES string of the molecule is CC.CC(C)(c1ccc(OCC(O)CN2CCOCC2)cc1)c1ccc(OCC(O)CCl)c(F)c1. The van der Waals surface area contributed by atoms with Crippen molar-refractivity contribution in [3.8, 4) is 11.5 Å². The van der Waals surface area contributed by atoms with Gasteiger partial charge >= 0.3 is 0 Å². The maximum Gasteiger partial charge on any atom is 0.165 e. The minimum absolute atomic E-state index is 0.0271. The number of aliphatic hydroxyl groups excluding tert-OH is 2. The number of hydrogen-bond donors (Lipinski definition) is 2. The Labute approximate surface area is 213 Å². The minimum Gasteiger partial charge on any atom is -0.491 e. The van der Waals surface area contributed by atoms with Gasteiger partial charge in [0.2, 0.25) is 0 Å². The average molecular weight is 512 g/mol. The molecule has 1 fully saturated rings. The molecule has 0 saturated carbocycles. The number of morpholine rings is 1. The van der Waals surface area contributed by atoms with Crippen LogP contribution in [0.25, 0.3) is 0 Å². The first kappa shape index (κ1) is 29.3. The summed E-state index contributed by atoms with van der Waals surface area (Å²) < 4.78 is 31.0. The molecule has 1 saturated heterocycles. The smallest absolute Gasteiger partial charge is 0.165 e. The third-order valence-corrected chi connectivity index (χ3v) is 6.21. The lowest BCUT2D eigenvalue weighted by Crippen LogP contribution is -2.42.